The largest absolute Gasteiger partial charge is 0.490 e. The monoisotopic (exact) mass is 661 g/mol. The first kappa shape index (κ1) is 33.6. The summed E-state index contributed by atoms with van der Waals surface area (Å²) in [7, 11) is 0. The van der Waals surface area contributed by atoms with Crippen LogP contribution in [0.4, 0.5) is 18.9 Å². The van der Waals surface area contributed by atoms with Crippen LogP contribution in [0.1, 0.15) is 81.5 Å². The number of nitrogens with one attached hydrogen (secondary N) is 1. The molecule has 3 aromatic rings. The number of fused-ring (bicyclic) bond motifs is 1. The molecular weight excluding hydrogens is 619 g/mol. The number of carbonyl (C=O) groups excluding carboxylic acids is 2. The number of anilines is 1. The van der Waals surface area contributed by atoms with Gasteiger partial charge in [-0.05, 0) is 87.3 Å². The summed E-state index contributed by atoms with van der Waals surface area (Å²) in [6.07, 6.45) is 10.1. The highest BCUT2D eigenvalue weighted by Crippen LogP contribution is 2.32. The second kappa shape index (κ2) is 14.4. The first-order valence-electron chi connectivity index (χ1n) is 16.9. The number of carbonyl (C=O) groups is 2. The van der Waals surface area contributed by atoms with Crippen molar-refractivity contribution in [1.82, 2.24) is 10.3 Å². The Kier molecular flexibility index (Phi) is 10.1. The number of nitrogens with zero attached hydrogens (tertiary/aromatic N) is 2. The summed E-state index contributed by atoms with van der Waals surface area (Å²) in [4.78, 5) is 32.3. The van der Waals surface area contributed by atoms with Crippen LogP contribution in [0, 0.1) is 11.8 Å². The van der Waals surface area contributed by atoms with Gasteiger partial charge in [-0.1, -0.05) is 36.8 Å². The number of ketones is 1. The molecule has 2 aliphatic carbocycles. The molecule has 1 aromatic heterocycles. The molecule has 1 unspecified atom stereocenters. The molecule has 10 heteroatoms. The van der Waals surface area contributed by atoms with Crippen molar-refractivity contribution in [2.24, 2.45) is 11.8 Å². The molecule has 2 fully saturated rings. The maximum absolute atomic E-state index is 13.0. The van der Waals surface area contributed by atoms with E-state index >= 15 is 0 Å². The van der Waals surface area contributed by atoms with E-state index in [0.717, 1.165) is 55.5 Å². The second-order valence-electron chi connectivity index (χ2n) is 13.3. The van der Waals surface area contributed by atoms with E-state index in [2.05, 4.69) is 35.1 Å². The van der Waals surface area contributed by atoms with E-state index < -0.39 is 11.7 Å². The maximum Gasteiger partial charge on any atom is 0.416 e. The van der Waals surface area contributed by atoms with E-state index in [4.69, 9.17) is 9.15 Å². The van der Waals surface area contributed by atoms with E-state index in [9.17, 15) is 22.8 Å². The Labute approximate surface area is 278 Å². The summed E-state index contributed by atoms with van der Waals surface area (Å²) >= 11 is 0. The second-order valence-corrected chi connectivity index (χ2v) is 13.3. The van der Waals surface area contributed by atoms with E-state index in [1.54, 1.807) is 12.1 Å². The van der Waals surface area contributed by atoms with Crippen molar-refractivity contribution < 1.29 is 31.9 Å². The van der Waals surface area contributed by atoms with Gasteiger partial charge in [0.1, 0.15) is 17.4 Å². The molecule has 48 heavy (non-hydrogen) atoms. The molecule has 2 aromatic carbocycles. The lowest BCUT2D eigenvalue weighted by atomic mass is 9.82. The molecule has 1 N–H and O–H groups in total. The molecule has 0 spiro atoms. The van der Waals surface area contributed by atoms with Crippen molar-refractivity contribution in [3.8, 4) is 5.75 Å². The normalized spacial score (nSPS) is 22.2. The van der Waals surface area contributed by atoms with Crippen LogP contribution in [-0.4, -0.2) is 41.9 Å². The summed E-state index contributed by atoms with van der Waals surface area (Å²) in [5.74, 6) is 1.28. The molecule has 1 aliphatic heterocycles. The van der Waals surface area contributed by atoms with Crippen LogP contribution in [0.15, 0.2) is 82.3 Å². The molecular formula is C38H42F3N3O4. The number of aromatic nitrogens is 1. The van der Waals surface area contributed by atoms with Gasteiger partial charge in [0.2, 0.25) is 0 Å². The zero-order chi connectivity index (χ0) is 33.8. The van der Waals surface area contributed by atoms with Crippen LogP contribution in [0.25, 0.3) is 11.1 Å². The number of rotatable bonds is 9. The number of hydrogen-bond acceptors (Lipinski definition) is 6. The van der Waals surface area contributed by atoms with Crippen LogP contribution in [0.5, 0.6) is 5.75 Å². The Morgan fingerprint density at radius 3 is 2.44 bits per heavy atom. The molecule has 7 nitrogen and oxygen atoms in total. The molecule has 1 saturated carbocycles. The van der Waals surface area contributed by atoms with Gasteiger partial charge in [-0.25, -0.2) is 4.98 Å². The van der Waals surface area contributed by atoms with E-state index in [-0.39, 0.29) is 29.7 Å². The van der Waals surface area contributed by atoms with E-state index in [1.165, 1.54) is 17.7 Å². The number of oxazole rings is 1. The highest BCUT2D eigenvalue weighted by molar-refractivity contribution is 5.98. The van der Waals surface area contributed by atoms with Crippen molar-refractivity contribution in [3.05, 3.63) is 89.4 Å². The third-order valence-electron chi connectivity index (χ3n) is 9.95. The first-order valence-corrected chi connectivity index (χ1v) is 16.9. The highest BCUT2D eigenvalue weighted by Gasteiger charge is 2.31. The predicted molar refractivity (Wildman–Crippen MR) is 179 cm³/mol. The van der Waals surface area contributed by atoms with Crippen molar-refractivity contribution >= 4 is 28.5 Å². The lowest BCUT2D eigenvalue weighted by Crippen LogP contribution is -2.38. The first-order chi connectivity index (χ1) is 23.0. The number of benzene rings is 2. The minimum atomic E-state index is -4.35. The Morgan fingerprint density at radius 1 is 1.00 bits per heavy atom. The van der Waals surface area contributed by atoms with Crippen LogP contribution in [-0.2, 0) is 11.0 Å². The Morgan fingerprint density at radius 2 is 1.73 bits per heavy atom. The van der Waals surface area contributed by atoms with Gasteiger partial charge in [0.25, 0.3) is 5.89 Å². The number of Topliss-reactive ketones (excluding diaryl/α,β-unsaturated/α-hetero) is 1. The summed E-state index contributed by atoms with van der Waals surface area (Å²) in [6, 6.07) is 10.6. The number of allylic oxidation sites excluding steroid dienone is 6. The average molecular weight is 662 g/mol. The summed E-state index contributed by atoms with van der Waals surface area (Å²) in [6.45, 7) is 5.54. The number of amides is 1. The van der Waals surface area contributed by atoms with Gasteiger partial charge in [-0.3, -0.25) is 9.59 Å². The SMILES string of the molecule is CC1=CC=C(C(=O)CCC2CCC(NC(=O)c3nc4ccc(OC5CCN(c6ccc(C(F)(F)F)cc6)CC5)cc4o3)CC2)C=CC1C. The topological polar surface area (TPSA) is 84.7 Å². The molecule has 254 valence electrons. The van der Waals surface area contributed by atoms with E-state index in [1.807, 2.05) is 24.3 Å². The standard InChI is InChI=1S/C38H42F3N3O4/c1-24-3-8-27(9-4-25(24)2)34(45)18-7-26-5-12-29(13-6-26)42-36(46)37-43-33-17-16-32(23-35(33)48-37)47-31-19-21-44(22-20-31)30-14-10-28(11-15-30)38(39,40)41/h3-4,8-11,14-17,23-24,26,29,31H,5-7,12-13,18-22H2,1-2H3,(H,42,46). The molecule has 6 rings (SSSR count). The molecule has 1 saturated heterocycles. The zero-order valence-corrected chi connectivity index (χ0v) is 27.4. The van der Waals surface area contributed by atoms with Crippen LogP contribution in [0.2, 0.25) is 0 Å². The van der Waals surface area contributed by atoms with Gasteiger partial charge in [-0.15, -0.1) is 0 Å². The van der Waals surface area contributed by atoms with Crippen LogP contribution >= 0.6 is 0 Å². The molecule has 2 heterocycles. The van der Waals surface area contributed by atoms with Crippen molar-refractivity contribution in [2.75, 3.05) is 18.0 Å². The lowest BCUT2D eigenvalue weighted by Gasteiger charge is -2.33. The Balaban J connectivity index is 0.946. The number of alkyl halides is 3. The van der Waals surface area contributed by atoms with Gasteiger partial charge in [0, 0.05) is 55.7 Å². The zero-order valence-electron chi connectivity index (χ0n) is 27.4. The highest BCUT2D eigenvalue weighted by atomic mass is 19.4. The third-order valence-corrected chi connectivity index (χ3v) is 9.95. The fourth-order valence-electron chi connectivity index (χ4n) is 6.70. The predicted octanol–water partition coefficient (Wildman–Crippen LogP) is 8.61. The fraction of sp³-hybridized carbons (Fsp3) is 0.447. The molecule has 0 radical (unpaired) electrons. The third kappa shape index (κ3) is 8.20. The van der Waals surface area contributed by atoms with Gasteiger partial charge in [0.05, 0.1) is 5.56 Å². The minimum Gasteiger partial charge on any atom is -0.490 e. The Bertz CT molecular complexity index is 1710. The van der Waals surface area contributed by atoms with E-state index in [0.29, 0.717) is 61.0 Å². The summed E-state index contributed by atoms with van der Waals surface area (Å²) in [5.41, 5.74) is 3.17. The van der Waals surface area contributed by atoms with Crippen LogP contribution in [0.3, 0.4) is 0 Å². The van der Waals surface area contributed by atoms with Crippen molar-refractivity contribution in [2.45, 2.75) is 83.5 Å². The van der Waals surface area contributed by atoms with Crippen molar-refractivity contribution in [3.63, 3.8) is 0 Å². The minimum absolute atomic E-state index is 0.0167. The van der Waals surface area contributed by atoms with Crippen molar-refractivity contribution in [1.29, 1.82) is 0 Å². The number of ether oxygens (including phenoxy) is 1. The molecule has 3 aliphatic rings. The van der Waals surface area contributed by atoms with Crippen LogP contribution < -0.4 is 15.0 Å². The maximum atomic E-state index is 13.0. The Hall–Kier alpha value is -4.34. The quantitative estimate of drug-likeness (QED) is 0.247. The van der Waals surface area contributed by atoms with Gasteiger partial charge < -0.3 is 19.4 Å². The smallest absolute Gasteiger partial charge is 0.416 e. The molecule has 1 amide bonds. The summed E-state index contributed by atoms with van der Waals surface area (Å²) < 4.78 is 50.7. The summed E-state index contributed by atoms with van der Waals surface area (Å²) in [5, 5.41) is 3.08. The lowest BCUT2D eigenvalue weighted by molar-refractivity contribution is -0.137. The fourth-order valence-corrected chi connectivity index (χ4v) is 6.70. The van der Waals surface area contributed by atoms with Gasteiger partial charge >= 0.3 is 12.1 Å². The average Bonchev–Trinajstić information content (AvgIpc) is 3.43. The number of piperidine rings is 1. The number of hydrogen-bond donors (Lipinski definition) is 1. The molecule has 0 bridgehead atoms. The van der Waals surface area contributed by atoms with Gasteiger partial charge in [0.15, 0.2) is 11.4 Å². The molecule has 1 atom stereocenters. The number of halogens is 3. The van der Waals surface area contributed by atoms with Gasteiger partial charge in [-0.2, -0.15) is 13.2 Å².